The molecule has 0 atom stereocenters. The first-order valence-corrected chi connectivity index (χ1v) is 9.92. The zero-order chi connectivity index (χ0) is 21.4. The summed E-state index contributed by atoms with van der Waals surface area (Å²) in [5, 5.41) is 12.0. The molecule has 1 aliphatic heterocycles. The SMILES string of the molecule is O=C(O)CCC1(CNC(=O)c2ccc(C#Cc3ccccc3F)cc2)CCOCC1. The van der Waals surface area contributed by atoms with Gasteiger partial charge in [0.25, 0.3) is 5.91 Å². The van der Waals surface area contributed by atoms with Gasteiger partial charge in [0.05, 0.1) is 5.56 Å². The van der Waals surface area contributed by atoms with Crippen LogP contribution in [0.4, 0.5) is 4.39 Å². The number of amides is 1. The van der Waals surface area contributed by atoms with Crippen molar-refractivity contribution in [1.29, 1.82) is 0 Å². The number of nitrogens with one attached hydrogen (secondary N) is 1. The molecule has 1 saturated heterocycles. The standard InChI is InChI=1S/C24H24FNO4/c25-21-4-2-1-3-19(21)8-5-18-6-9-20(10-7-18)23(29)26-17-24(12-11-22(27)28)13-15-30-16-14-24/h1-4,6-7,9-10H,11-17H2,(H,26,29)(H,27,28). The van der Waals surface area contributed by atoms with E-state index in [1.54, 1.807) is 42.5 Å². The van der Waals surface area contributed by atoms with Crippen LogP contribution in [0.3, 0.4) is 0 Å². The van der Waals surface area contributed by atoms with Gasteiger partial charge in [-0.15, -0.1) is 0 Å². The van der Waals surface area contributed by atoms with E-state index in [0.717, 1.165) is 12.8 Å². The lowest BCUT2D eigenvalue weighted by Crippen LogP contribution is -2.41. The van der Waals surface area contributed by atoms with Crippen LogP contribution in [0, 0.1) is 23.1 Å². The van der Waals surface area contributed by atoms with Crippen LogP contribution in [0.1, 0.15) is 47.2 Å². The first-order valence-electron chi connectivity index (χ1n) is 9.92. The van der Waals surface area contributed by atoms with Crippen LogP contribution in [0.5, 0.6) is 0 Å². The molecule has 2 aromatic rings. The average molecular weight is 409 g/mol. The van der Waals surface area contributed by atoms with Crippen LogP contribution in [-0.4, -0.2) is 36.7 Å². The molecule has 0 bridgehead atoms. The molecule has 0 unspecified atom stereocenters. The predicted octanol–water partition coefficient (Wildman–Crippen LogP) is 3.62. The van der Waals surface area contributed by atoms with Crippen LogP contribution in [0.15, 0.2) is 48.5 Å². The van der Waals surface area contributed by atoms with Gasteiger partial charge < -0.3 is 15.2 Å². The zero-order valence-electron chi connectivity index (χ0n) is 16.6. The molecule has 0 radical (unpaired) electrons. The lowest BCUT2D eigenvalue weighted by molar-refractivity contribution is -0.138. The Labute approximate surface area is 175 Å². The van der Waals surface area contributed by atoms with Crippen molar-refractivity contribution in [2.24, 2.45) is 5.41 Å². The van der Waals surface area contributed by atoms with E-state index in [2.05, 4.69) is 17.2 Å². The van der Waals surface area contributed by atoms with E-state index in [1.165, 1.54) is 6.07 Å². The van der Waals surface area contributed by atoms with Crippen molar-refractivity contribution >= 4 is 11.9 Å². The molecule has 3 rings (SSSR count). The minimum Gasteiger partial charge on any atom is -0.481 e. The second-order valence-electron chi connectivity index (χ2n) is 7.50. The van der Waals surface area contributed by atoms with Gasteiger partial charge in [-0.05, 0) is 61.1 Å². The van der Waals surface area contributed by atoms with Gasteiger partial charge in [-0.1, -0.05) is 24.0 Å². The van der Waals surface area contributed by atoms with Gasteiger partial charge in [-0.2, -0.15) is 0 Å². The summed E-state index contributed by atoms with van der Waals surface area (Å²) in [6.07, 6.45) is 2.04. The van der Waals surface area contributed by atoms with E-state index in [4.69, 9.17) is 9.84 Å². The Morgan fingerprint density at radius 1 is 1.07 bits per heavy atom. The van der Waals surface area contributed by atoms with Crippen molar-refractivity contribution in [3.05, 3.63) is 71.0 Å². The van der Waals surface area contributed by atoms with Crippen molar-refractivity contribution < 1.29 is 23.8 Å². The third kappa shape index (κ3) is 5.91. The third-order valence-corrected chi connectivity index (χ3v) is 5.41. The third-order valence-electron chi connectivity index (χ3n) is 5.41. The van der Waals surface area contributed by atoms with Gasteiger partial charge in [0.2, 0.25) is 0 Å². The molecule has 1 aliphatic rings. The number of halogens is 1. The number of carboxylic acid groups (broad SMARTS) is 1. The number of hydrogen-bond donors (Lipinski definition) is 2. The van der Waals surface area contributed by atoms with E-state index >= 15 is 0 Å². The van der Waals surface area contributed by atoms with Crippen LogP contribution >= 0.6 is 0 Å². The van der Waals surface area contributed by atoms with Gasteiger partial charge in [0, 0.05) is 37.3 Å². The molecule has 1 heterocycles. The van der Waals surface area contributed by atoms with Gasteiger partial charge in [0.1, 0.15) is 5.82 Å². The van der Waals surface area contributed by atoms with Gasteiger partial charge in [-0.3, -0.25) is 9.59 Å². The molecule has 30 heavy (non-hydrogen) atoms. The molecule has 2 N–H and O–H groups in total. The number of hydrogen-bond acceptors (Lipinski definition) is 3. The van der Waals surface area contributed by atoms with Crippen LogP contribution < -0.4 is 5.32 Å². The van der Waals surface area contributed by atoms with E-state index in [0.29, 0.717) is 42.9 Å². The Morgan fingerprint density at radius 2 is 1.77 bits per heavy atom. The molecule has 0 spiro atoms. The van der Waals surface area contributed by atoms with E-state index in [1.807, 2.05) is 0 Å². The van der Waals surface area contributed by atoms with Gasteiger partial charge >= 0.3 is 5.97 Å². The fraction of sp³-hybridized carbons (Fsp3) is 0.333. The number of carbonyl (C=O) groups is 2. The first kappa shape index (κ1) is 21.5. The second kappa shape index (κ2) is 10.0. The number of aliphatic carboxylic acids is 1. The molecule has 1 fully saturated rings. The number of rotatable bonds is 6. The molecular formula is C24H24FNO4. The Bertz CT molecular complexity index is 953. The number of benzene rings is 2. The molecule has 0 saturated carbocycles. The Kier molecular flexibility index (Phi) is 7.21. The first-order chi connectivity index (χ1) is 14.5. The van der Waals surface area contributed by atoms with E-state index in [-0.39, 0.29) is 23.6 Å². The summed E-state index contributed by atoms with van der Waals surface area (Å²) in [6, 6.07) is 13.1. The van der Waals surface area contributed by atoms with Crippen LogP contribution in [-0.2, 0) is 9.53 Å². The van der Waals surface area contributed by atoms with Gasteiger partial charge in [-0.25, -0.2) is 4.39 Å². The maximum atomic E-state index is 13.6. The highest BCUT2D eigenvalue weighted by Crippen LogP contribution is 2.34. The van der Waals surface area contributed by atoms with Crippen molar-refractivity contribution in [1.82, 2.24) is 5.32 Å². The van der Waals surface area contributed by atoms with Crippen LogP contribution in [0.2, 0.25) is 0 Å². The summed E-state index contributed by atoms with van der Waals surface area (Å²) in [5.74, 6) is 4.26. The summed E-state index contributed by atoms with van der Waals surface area (Å²) in [6.45, 7) is 1.56. The molecule has 5 nitrogen and oxygen atoms in total. The molecule has 156 valence electrons. The van der Waals surface area contributed by atoms with Crippen molar-refractivity contribution in [3.63, 3.8) is 0 Å². The molecule has 0 aromatic heterocycles. The Balaban J connectivity index is 1.61. The molecule has 6 heteroatoms. The topological polar surface area (TPSA) is 75.6 Å². The smallest absolute Gasteiger partial charge is 0.303 e. The number of carboxylic acids is 1. The predicted molar refractivity (Wildman–Crippen MR) is 111 cm³/mol. The largest absolute Gasteiger partial charge is 0.481 e. The molecular weight excluding hydrogens is 385 g/mol. The Hall–Kier alpha value is -3.17. The quantitative estimate of drug-likeness (QED) is 0.715. The molecule has 0 aliphatic carbocycles. The molecule has 2 aromatic carbocycles. The van der Waals surface area contributed by atoms with Crippen molar-refractivity contribution in [2.75, 3.05) is 19.8 Å². The molecule has 1 amide bonds. The van der Waals surface area contributed by atoms with Crippen molar-refractivity contribution in [3.8, 4) is 11.8 Å². The second-order valence-corrected chi connectivity index (χ2v) is 7.50. The van der Waals surface area contributed by atoms with Crippen molar-refractivity contribution in [2.45, 2.75) is 25.7 Å². The Morgan fingerprint density at radius 3 is 2.43 bits per heavy atom. The maximum absolute atomic E-state index is 13.6. The maximum Gasteiger partial charge on any atom is 0.303 e. The highest BCUT2D eigenvalue weighted by molar-refractivity contribution is 5.94. The minimum absolute atomic E-state index is 0.0746. The number of ether oxygens (including phenoxy) is 1. The fourth-order valence-electron chi connectivity index (χ4n) is 3.47. The fourth-order valence-corrected chi connectivity index (χ4v) is 3.47. The monoisotopic (exact) mass is 409 g/mol. The summed E-state index contributed by atoms with van der Waals surface area (Å²) in [7, 11) is 0. The van der Waals surface area contributed by atoms with E-state index < -0.39 is 5.97 Å². The lowest BCUT2D eigenvalue weighted by Gasteiger charge is -2.37. The zero-order valence-corrected chi connectivity index (χ0v) is 16.6. The highest BCUT2D eigenvalue weighted by atomic mass is 19.1. The lowest BCUT2D eigenvalue weighted by atomic mass is 9.76. The summed E-state index contributed by atoms with van der Waals surface area (Å²) < 4.78 is 19.0. The van der Waals surface area contributed by atoms with E-state index in [9.17, 15) is 14.0 Å². The summed E-state index contributed by atoms with van der Waals surface area (Å²) >= 11 is 0. The normalized spacial score (nSPS) is 15.0. The van der Waals surface area contributed by atoms with Crippen LogP contribution in [0.25, 0.3) is 0 Å². The summed E-state index contributed by atoms with van der Waals surface area (Å²) in [4.78, 5) is 23.5. The highest BCUT2D eigenvalue weighted by Gasteiger charge is 2.33. The average Bonchev–Trinajstić information content (AvgIpc) is 2.77. The summed E-state index contributed by atoms with van der Waals surface area (Å²) in [5.41, 5.74) is 1.24. The van der Waals surface area contributed by atoms with Gasteiger partial charge in [0.15, 0.2) is 0 Å². The minimum atomic E-state index is -0.834. The number of carbonyl (C=O) groups excluding carboxylic acids is 1.